The molecule has 0 saturated heterocycles. The molecule has 1 N–H and O–H groups in total. The van der Waals surface area contributed by atoms with Crippen molar-refractivity contribution >= 4 is 17.2 Å². The van der Waals surface area contributed by atoms with Gasteiger partial charge in [0.1, 0.15) is 0 Å². The van der Waals surface area contributed by atoms with E-state index in [0.29, 0.717) is 0 Å². The molecule has 0 aliphatic rings. The highest BCUT2D eigenvalue weighted by Gasteiger charge is 2.31. The van der Waals surface area contributed by atoms with E-state index in [0.717, 1.165) is 21.9 Å². The van der Waals surface area contributed by atoms with Gasteiger partial charge in [0, 0.05) is 29.6 Å². The summed E-state index contributed by atoms with van der Waals surface area (Å²) in [6, 6.07) is -0.917. The first kappa shape index (κ1) is 17.7. The molecule has 1 aromatic heterocycles. The Hall–Kier alpha value is -1.31. The number of aromatic nitrogens is 1. The predicted molar refractivity (Wildman–Crippen MR) is 75.6 cm³/mol. The van der Waals surface area contributed by atoms with Gasteiger partial charge in [0.2, 0.25) is 5.91 Å². The molecule has 0 spiro atoms. The summed E-state index contributed by atoms with van der Waals surface area (Å²) in [5.41, 5.74) is 0.792. The van der Waals surface area contributed by atoms with E-state index < -0.39 is 24.5 Å². The summed E-state index contributed by atoms with van der Waals surface area (Å²) < 4.78 is 38.4. The summed E-state index contributed by atoms with van der Waals surface area (Å²) in [4.78, 5) is 24.1. The van der Waals surface area contributed by atoms with E-state index in [9.17, 15) is 22.8 Å². The van der Waals surface area contributed by atoms with Crippen LogP contribution in [-0.2, 0) is 11.3 Å². The lowest BCUT2D eigenvalue weighted by atomic mass is 10.1. The normalized spacial score (nSPS) is 13.2. The van der Waals surface area contributed by atoms with Crippen molar-refractivity contribution in [1.82, 2.24) is 9.88 Å². The third kappa shape index (κ3) is 5.53. The van der Waals surface area contributed by atoms with Gasteiger partial charge < -0.3 is 9.88 Å². The minimum atomic E-state index is -4.30. The van der Waals surface area contributed by atoms with Crippen molar-refractivity contribution in [1.29, 1.82) is 0 Å². The summed E-state index contributed by atoms with van der Waals surface area (Å²) in [5.74, 6) is -0.471. The zero-order valence-electron chi connectivity index (χ0n) is 12.2. The van der Waals surface area contributed by atoms with E-state index in [-0.39, 0.29) is 24.3 Å². The number of nitrogens with one attached hydrogen (secondary N) is 1. The molecule has 0 fully saturated rings. The first-order valence-electron chi connectivity index (χ1n) is 6.67. The van der Waals surface area contributed by atoms with Crippen molar-refractivity contribution in [2.45, 2.75) is 58.8 Å². The molecular formula is C13H19F3N2O2S. The van der Waals surface area contributed by atoms with Gasteiger partial charge in [-0.05, 0) is 20.3 Å². The maximum atomic E-state index is 12.3. The molecule has 8 heteroatoms. The Morgan fingerprint density at radius 3 is 2.43 bits per heavy atom. The topological polar surface area (TPSA) is 51.1 Å². The van der Waals surface area contributed by atoms with Crippen LogP contribution in [0.3, 0.4) is 0 Å². The molecular weight excluding hydrogens is 305 g/mol. The number of aryl methyl sites for hydroxylation is 1. The third-order valence-corrected chi connectivity index (χ3v) is 4.27. The second kappa shape index (κ2) is 7.11. The number of rotatable bonds is 6. The highest BCUT2D eigenvalue weighted by atomic mass is 32.1. The van der Waals surface area contributed by atoms with Gasteiger partial charge in [-0.2, -0.15) is 13.2 Å². The predicted octanol–water partition coefficient (Wildman–Crippen LogP) is 2.76. The molecule has 0 saturated carbocycles. The summed E-state index contributed by atoms with van der Waals surface area (Å²) in [6.07, 6.45) is -5.13. The molecule has 0 radical (unpaired) electrons. The minimum absolute atomic E-state index is 0.00865. The third-order valence-electron chi connectivity index (χ3n) is 3.27. The summed E-state index contributed by atoms with van der Waals surface area (Å²) in [5, 5.41) is 2.37. The number of carbonyl (C=O) groups excluding carboxylic acids is 1. The lowest BCUT2D eigenvalue weighted by molar-refractivity contribution is -0.142. The van der Waals surface area contributed by atoms with Crippen LogP contribution in [0.2, 0.25) is 0 Å². The molecule has 1 atom stereocenters. The van der Waals surface area contributed by atoms with Gasteiger partial charge in [0.05, 0.1) is 6.42 Å². The zero-order chi connectivity index (χ0) is 16.2. The second-order valence-corrected chi connectivity index (χ2v) is 6.07. The van der Waals surface area contributed by atoms with Gasteiger partial charge >= 0.3 is 11.0 Å². The molecule has 21 heavy (non-hydrogen) atoms. The molecule has 4 nitrogen and oxygen atoms in total. The average Bonchev–Trinajstić information content (AvgIpc) is 2.58. The first-order valence-corrected chi connectivity index (χ1v) is 7.48. The molecule has 0 aliphatic heterocycles. The summed E-state index contributed by atoms with van der Waals surface area (Å²) >= 11 is 1.10. The fraction of sp³-hybridized carbons (Fsp3) is 0.692. The van der Waals surface area contributed by atoms with Crippen LogP contribution in [0.15, 0.2) is 4.79 Å². The van der Waals surface area contributed by atoms with Crippen molar-refractivity contribution in [3.8, 4) is 0 Å². The van der Waals surface area contributed by atoms with Gasteiger partial charge in [0.15, 0.2) is 0 Å². The molecule has 1 aromatic rings. The molecule has 120 valence electrons. The van der Waals surface area contributed by atoms with Crippen LogP contribution in [0, 0.1) is 13.8 Å². The van der Waals surface area contributed by atoms with Gasteiger partial charge in [-0.3, -0.25) is 9.59 Å². The number of alkyl halides is 3. The van der Waals surface area contributed by atoms with Crippen LogP contribution in [0.4, 0.5) is 13.2 Å². The van der Waals surface area contributed by atoms with Crippen molar-refractivity contribution in [2.24, 2.45) is 0 Å². The van der Waals surface area contributed by atoms with E-state index in [1.165, 1.54) is 4.57 Å². The number of hydrogen-bond acceptors (Lipinski definition) is 3. The largest absolute Gasteiger partial charge is 0.391 e. The van der Waals surface area contributed by atoms with Crippen molar-refractivity contribution < 1.29 is 18.0 Å². The molecule has 1 rings (SSSR count). The SMILES string of the molecule is CCC(CC(F)(F)F)NC(=O)CCn1c(C)c(C)sc1=O. The standard InChI is InChI=1S/C13H19F3N2O2S/c1-4-10(7-13(14,15)16)17-11(19)5-6-18-8(2)9(3)21-12(18)20/h10H,4-7H2,1-3H3,(H,17,19). The van der Waals surface area contributed by atoms with Gasteiger partial charge in [-0.15, -0.1) is 0 Å². The number of hydrogen-bond donors (Lipinski definition) is 1. The maximum Gasteiger partial charge on any atom is 0.391 e. The van der Waals surface area contributed by atoms with E-state index in [1.54, 1.807) is 13.8 Å². The van der Waals surface area contributed by atoms with Gasteiger partial charge in [0.25, 0.3) is 0 Å². The van der Waals surface area contributed by atoms with E-state index in [2.05, 4.69) is 5.32 Å². The highest BCUT2D eigenvalue weighted by Crippen LogP contribution is 2.22. The number of halogens is 3. The van der Waals surface area contributed by atoms with Crippen LogP contribution in [0.25, 0.3) is 0 Å². The quantitative estimate of drug-likeness (QED) is 0.875. The second-order valence-electron chi connectivity index (χ2n) is 4.90. The number of carbonyl (C=O) groups is 1. The van der Waals surface area contributed by atoms with E-state index >= 15 is 0 Å². The Labute approximate surface area is 125 Å². The molecule has 0 bridgehead atoms. The molecule has 1 amide bonds. The van der Waals surface area contributed by atoms with Crippen molar-refractivity contribution in [3.05, 3.63) is 20.2 Å². The Morgan fingerprint density at radius 1 is 1.38 bits per heavy atom. The van der Waals surface area contributed by atoms with Crippen molar-refractivity contribution in [2.75, 3.05) is 0 Å². The lowest BCUT2D eigenvalue weighted by Gasteiger charge is -2.18. The Kier molecular flexibility index (Phi) is 6.00. The fourth-order valence-corrected chi connectivity index (χ4v) is 2.79. The fourth-order valence-electron chi connectivity index (χ4n) is 1.94. The molecule has 0 aliphatic carbocycles. The van der Waals surface area contributed by atoms with Crippen LogP contribution < -0.4 is 10.2 Å². The van der Waals surface area contributed by atoms with Crippen LogP contribution in [-0.4, -0.2) is 22.7 Å². The number of nitrogens with zero attached hydrogens (tertiary/aromatic N) is 1. The van der Waals surface area contributed by atoms with Gasteiger partial charge in [-0.25, -0.2) is 0 Å². The smallest absolute Gasteiger partial charge is 0.353 e. The highest BCUT2D eigenvalue weighted by molar-refractivity contribution is 7.09. The number of amides is 1. The molecule has 1 unspecified atom stereocenters. The first-order chi connectivity index (χ1) is 9.64. The Bertz CT molecular complexity index is 549. The monoisotopic (exact) mass is 324 g/mol. The van der Waals surface area contributed by atoms with E-state index in [4.69, 9.17) is 0 Å². The van der Waals surface area contributed by atoms with Crippen molar-refractivity contribution in [3.63, 3.8) is 0 Å². The number of thiazole rings is 1. The van der Waals surface area contributed by atoms with Crippen LogP contribution >= 0.6 is 11.3 Å². The summed E-state index contributed by atoms with van der Waals surface area (Å²) in [7, 11) is 0. The molecule has 1 heterocycles. The minimum Gasteiger partial charge on any atom is -0.353 e. The summed E-state index contributed by atoms with van der Waals surface area (Å²) in [6.45, 7) is 5.37. The Morgan fingerprint density at radius 2 is 2.00 bits per heavy atom. The lowest BCUT2D eigenvalue weighted by Crippen LogP contribution is -2.38. The zero-order valence-corrected chi connectivity index (χ0v) is 13.0. The van der Waals surface area contributed by atoms with Crippen LogP contribution in [0.5, 0.6) is 0 Å². The Balaban J connectivity index is 2.56. The van der Waals surface area contributed by atoms with Crippen LogP contribution in [0.1, 0.15) is 36.8 Å². The van der Waals surface area contributed by atoms with Gasteiger partial charge in [-0.1, -0.05) is 18.3 Å². The maximum absolute atomic E-state index is 12.3. The average molecular weight is 324 g/mol. The van der Waals surface area contributed by atoms with E-state index in [1.807, 2.05) is 6.92 Å². The molecule has 0 aromatic carbocycles.